The van der Waals surface area contributed by atoms with E-state index in [0.29, 0.717) is 0 Å². The smallest absolute Gasteiger partial charge is 0.341 e. The first-order chi connectivity index (χ1) is 11.2. The van der Waals surface area contributed by atoms with E-state index in [1.807, 2.05) is 0 Å². The van der Waals surface area contributed by atoms with Crippen molar-refractivity contribution in [1.82, 2.24) is 0 Å². The predicted octanol–water partition coefficient (Wildman–Crippen LogP) is 1.86. The standard InChI is InChI=1S/C16H15NO6S/c1-4-15(18)23-14-9-11(8-12(10-17)24(3,20)21)6-7-13(14)16(19)22-5-2/h4,6-9H,1,5H2,2-3H3/b12-8+. The van der Waals surface area contributed by atoms with Gasteiger partial charge >= 0.3 is 11.9 Å². The maximum Gasteiger partial charge on any atom is 0.341 e. The number of carbonyl (C=O) groups is 2. The second-order valence-electron chi connectivity index (χ2n) is 4.49. The first-order valence-electron chi connectivity index (χ1n) is 6.70. The van der Waals surface area contributed by atoms with E-state index in [2.05, 4.69) is 6.58 Å². The lowest BCUT2D eigenvalue weighted by Crippen LogP contribution is -2.11. The van der Waals surface area contributed by atoms with Crippen LogP contribution in [0.5, 0.6) is 5.75 Å². The highest BCUT2D eigenvalue weighted by Crippen LogP contribution is 2.24. The van der Waals surface area contributed by atoms with Crippen molar-refractivity contribution in [2.75, 3.05) is 12.9 Å². The molecular formula is C16H15NO6S. The van der Waals surface area contributed by atoms with Crippen LogP contribution < -0.4 is 4.74 Å². The van der Waals surface area contributed by atoms with Crippen molar-refractivity contribution in [3.8, 4) is 11.8 Å². The number of esters is 2. The Morgan fingerprint density at radius 1 is 1.38 bits per heavy atom. The van der Waals surface area contributed by atoms with Crippen molar-refractivity contribution >= 4 is 27.9 Å². The monoisotopic (exact) mass is 349 g/mol. The molecule has 1 aromatic carbocycles. The second kappa shape index (κ2) is 8.08. The number of hydrogen-bond acceptors (Lipinski definition) is 7. The Morgan fingerprint density at radius 3 is 2.54 bits per heavy atom. The fourth-order valence-corrected chi connectivity index (χ4v) is 2.13. The third-order valence-electron chi connectivity index (χ3n) is 2.69. The summed E-state index contributed by atoms with van der Waals surface area (Å²) in [6.45, 7) is 5.01. The van der Waals surface area contributed by atoms with E-state index in [-0.39, 0.29) is 23.5 Å². The summed E-state index contributed by atoms with van der Waals surface area (Å²) in [7, 11) is -3.70. The van der Waals surface area contributed by atoms with Crippen LogP contribution >= 0.6 is 0 Å². The van der Waals surface area contributed by atoms with Crippen LogP contribution in [-0.4, -0.2) is 33.2 Å². The second-order valence-corrected chi connectivity index (χ2v) is 6.48. The lowest BCUT2D eigenvalue weighted by molar-refractivity contribution is -0.128. The van der Waals surface area contributed by atoms with Gasteiger partial charge in [0.2, 0.25) is 0 Å². The minimum atomic E-state index is -3.70. The maximum atomic E-state index is 11.9. The van der Waals surface area contributed by atoms with E-state index in [1.54, 1.807) is 13.0 Å². The average Bonchev–Trinajstić information content (AvgIpc) is 2.51. The minimum Gasteiger partial charge on any atom is -0.462 e. The molecule has 0 saturated carbocycles. The number of ether oxygens (including phenoxy) is 2. The van der Waals surface area contributed by atoms with Gasteiger partial charge in [0, 0.05) is 12.3 Å². The Kier molecular flexibility index (Phi) is 6.44. The molecule has 0 aliphatic heterocycles. The molecule has 0 spiro atoms. The molecule has 126 valence electrons. The molecule has 0 saturated heterocycles. The zero-order valence-corrected chi connectivity index (χ0v) is 13.9. The van der Waals surface area contributed by atoms with Gasteiger partial charge in [0.1, 0.15) is 22.3 Å². The van der Waals surface area contributed by atoms with E-state index in [0.717, 1.165) is 18.4 Å². The normalized spacial score (nSPS) is 11.3. The molecule has 0 aliphatic rings. The molecule has 0 N–H and O–H groups in total. The minimum absolute atomic E-state index is 0.0120. The number of hydrogen-bond donors (Lipinski definition) is 0. The summed E-state index contributed by atoms with van der Waals surface area (Å²) in [6, 6.07) is 5.55. The average molecular weight is 349 g/mol. The molecule has 1 aromatic rings. The van der Waals surface area contributed by atoms with Gasteiger partial charge in [-0.3, -0.25) is 0 Å². The first kappa shape index (κ1) is 19.1. The van der Waals surface area contributed by atoms with Gasteiger partial charge in [0.15, 0.2) is 9.84 Å². The van der Waals surface area contributed by atoms with Crippen LogP contribution in [0.4, 0.5) is 0 Å². The van der Waals surface area contributed by atoms with Gasteiger partial charge in [-0.1, -0.05) is 12.6 Å². The summed E-state index contributed by atoms with van der Waals surface area (Å²) in [4.78, 5) is 22.8. The molecule has 0 aliphatic carbocycles. The maximum absolute atomic E-state index is 11.9. The van der Waals surface area contributed by atoms with Crippen LogP contribution in [0.25, 0.3) is 6.08 Å². The molecule has 0 atom stereocenters. The molecule has 8 heteroatoms. The van der Waals surface area contributed by atoms with Gasteiger partial charge in [-0.15, -0.1) is 0 Å². The molecule has 0 unspecified atom stereocenters. The van der Waals surface area contributed by atoms with E-state index < -0.39 is 26.7 Å². The molecule has 0 heterocycles. The van der Waals surface area contributed by atoms with Crippen LogP contribution in [-0.2, 0) is 19.4 Å². The SMILES string of the molecule is C=CC(=O)Oc1cc(/C=C(\C#N)S(C)(=O)=O)ccc1C(=O)OCC. The van der Waals surface area contributed by atoms with E-state index in [9.17, 15) is 18.0 Å². The molecule has 0 fully saturated rings. The van der Waals surface area contributed by atoms with Crippen molar-refractivity contribution in [2.24, 2.45) is 0 Å². The van der Waals surface area contributed by atoms with Crippen LogP contribution in [0.1, 0.15) is 22.8 Å². The molecule has 0 radical (unpaired) electrons. The van der Waals surface area contributed by atoms with Crippen molar-refractivity contribution in [3.05, 3.63) is 46.9 Å². The fraction of sp³-hybridized carbons (Fsp3) is 0.188. The third-order valence-corrected chi connectivity index (χ3v) is 3.69. The van der Waals surface area contributed by atoms with Crippen LogP contribution in [0.2, 0.25) is 0 Å². The highest BCUT2D eigenvalue weighted by Gasteiger charge is 2.17. The summed E-state index contributed by atoms with van der Waals surface area (Å²) in [5.41, 5.74) is 0.249. The summed E-state index contributed by atoms with van der Waals surface area (Å²) in [6.07, 6.45) is 2.91. The van der Waals surface area contributed by atoms with E-state index in [1.165, 1.54) is 18.2 Å². The van der Waals surface area contributed by atoms with Gasteiger partial charge in [-0.2, -0.15) is 5.26 Å². The van der Waals surface area contributed by atoms with Crippen molar-refractivity contribution in [1.29, 1.82) is 5.26 Å². The Hall–Kier alpha value is -2.92. The summed E-state index contributed by atoms with van der Waals surface area (Å²) >= 11 is 0. The lowest BCUT2D eigenvalue weighted by atomic mass is 10.1. The van der Waals surface area contributed by atoms with E-state index >= 15 is 0 Å². The van der Waals surface area contributed by atoms with Gasteiger partial charge in [-0.25, -0.2) is 18.0 Å². The van der Waals surface area contributed by atoms with Crippen LogP contribution in [0, 0.1) is 11.3 Å². The molecule has 0 aromatic heterocycles. The highest BCUT2D eigenvalue weighted by atomic mass is 32.2. The largest absolute Gasteiger partial charge is 0.462 e. The molecular weight excluding hydrogens is 334 g/mol. The zero-order valence-electron chi connectivity index (χ0n) is 13.1. The van der Waals surface area contributed by atoms with Gasteiger partial charge in [-0.05, 0) is 30.7 Å². The molecule has 1 rings (SSSR count). The molecule has 7 nitrogen and oxygen atoms in total. The van der Waals surface area contributed by atoms with Gasteiger partial charge in [0.25, 0.3) is 0 Å². The van der Waals surface area contributed by atoms with E-state index in [4.69, 9.17) is 14.7 Å². The summed E-state index contributed by atoms with van der Waals surface area (Å²) in [5.74, 6) is -1.63. The van der Waals surface area contributed by atoms with Gasteiger partial charge in [0.05, 0.1) is 6.61 Å². The number of rotatable bonds is 6. The number of carbonyl (C=O) groups excluding carboxylic acids is 2. The number of benzene rings is 1. The van der Waals surface area contributed by atoms with Crippen LogP contribution in [0.15, 0.2) is 35.8 Å². The third kappa shape index (κ3) is 5.07. The fourth-order valence-electron chi connectivity index (χ4n) is 1.61. The number of allylic oxidation sites excluding steroid dienone is 1. The van der Waals surface area contributed by atoms with Crippen LogP contribution in [0.3, 0.4) is 0 Å². The lowest BCUT2D eigenvalue weighted by Gasteiger charge is -2.09. The zero-order chi connectivity index (χ0) is 18.3. The summed E-state index contributed by atoms with van der Waals surface area (Å²) in [5, 5.41) is 8.92. The number of nitriles is 1. The quantitative estimate of drug-likeness (QED) is 0.333. The Labute approximate surface area is 139 Å². The predicted molar refractivity (Wildman–Crippen MR) is 86.7 cm³/mol. The summed E-state index contributed by atoms with van der Waals surface area (Å²) < 4.78 is 32.8. The topological polar surface area (TPSA) is 111 Å². The van der Waals surface area contributed by atoms with Gasteiger partial charge < -0.3 is 9.47 Å². The Bertz CT molecular complexity index is 846. The number of nitrogens with zero attached hydrogens (tertiary/aromatic N) is 1. The van der Waals surface area contributed by atoms with Crippen molar-refractivity contribution in [2.45, 2.75) is 6.92 Å². The van der Waals surface area contributed by atoms with Crippen molar-refractivity contribution < 1.29 is 27.5 Å². The highest BCUT2D eigenvalue weighted by molar-refractivity contribution is 7.95. The Morgan fingerprint density at radius 2 is 2.04 bits per heavy atom. The number of sulfone groups is 1. The first-order valence-corrected chi connectivity index (χ1v) is 8.59. The molecule has 24 heavy (non-hydrogen) atoms. The Balaban J connectivity index is 3.42. The van der Waals surface area contributed by atoms with Crippen molar-refractivity contribution in [3.63, 3.8) is 0 Å². The molecule has 0 amide bonds. The molecule has 0 bridgehead atoms.